The van der Waals surface area contributed by atoms with Crippen molar-refractivity contribution in [2.45, 2.75) is 19.1 Å². The second-order valence-corrected chi connectivity index (χ2v) is 10.4. The summed E-state index contributed by atoms with van der Waals surface area (Å²) in [5.41, 5.74) is 5.08. The zero-order chi connectivity index (χ0) is 27.5. The number of ether oxygens (including phenoxy) is 3. The lowest BCUT2D eigenvalue weighted by atomic mass is 10.1. The van der Waals surface area contributed by atoms with E-state index in [1.807, 2.05) is 13.0 Å². The third-order valence-corrected chi connectivity index (χ3v) is 7.48. The number of benzene rings is 2. The Balaban J connectivity index is 1.41. The Labute approximate surface area is 234 Å². The molecule has 39 heavy (non-hydrogen) atoms. The van der Waals surface area contributed by atoms with Crippen molar-refractivity contribution in [3.05, 3.63) is 68.5 Å². The number of H-pyrrole nitrogens is 2. The van der Waals surface area contributed by atoms with E-state index in [9.17, 15) is 9.90 Å². The van der Waals surface area contributed by atoms with E-state index in [1.54, 1.807) is 38.6 Å². The highest BCUT2D eigenvalue weighted by Crippen LogP contribution is 2.31. The molecule has 1 aliphatic heterocycles. The molecular weight excluding hydrogens is 566 g/mol. The number of aryl methyl sites for hydroxylation is 1. The minimum Gasteiger partial charge on any atom is -0.496 e. The third-order valence-electron chi connectivity index (χ3n) is 6.86. The van der Waals surface area contributed by atoms with Crippen molar-refractivity contribution < 1.29 is 19.3 Å². The fourth-order valence-electron chi connectivity index (χ4n) is 4.89. The SMILES string of the molecule is COC[C@H]1CN(c2cc(C)c3nc(-c4c(NC[C@@H](O)c5ccc(OC)c(Br)c5)cc[nH]c4=O)[nH]c3c2)CCO1. The van der Waals surface area contributed by atoms with E-state index in [-0.39, 0.29) is 18.2 Å². The molecule has 0 aliphatic carbocycles. The van der Waals surface area contributed by atoms with Gasteiger partial charge in [-0.2, -0.15) is 0 Å². The summed E-state index contributed by atoms with van der Waals surface area (Å²) < 4.78 is 17.1. The number of rotatable bonds is 9. The van der Waals surface area contributed by atoms with Crippen molar-refractivity contribution in [2.24, 2.45) is 0 Å². The van der Waals surface area contributed by atoms with E-state index < -0.39 is 6.10 Å². The summed E-state index contributed by atoms with van der Waals surface area (Å²) in [5, 5.41) is 14.0. The minimum absolute atomic E-state index is 0.0166. The maximum Gasteiger partial charge on any atom is 0.261 e. The monoisotopic (exact) mass is 597 g/mol. The largest absolute Gasteiger partial charge is 0.496 e. The Morgan fingerprint density at radius 2 is 2.13 bits per heavy atom. The Morgan fingerprint density at radius 1 is 1.28 bits per heavy atom. The number of halogens is 1. The van der Waals surface area contributed by atoms with E-state index >= 15 is 0 Å². The van der Waals surface area contributed by atoms with Crippen LogP contribution in [0.15, 0.2) is 51.9 Å². The zero-order valence-corrected chi connectivity index (χ0v) is 23.7. The zero-order valence-electron chi connectivity index (χ0n) is 22.1. The third kappa shape index (κ3) is 5.81. The van der Waals surface area contributed by atoms with Gasteiger partial charge >= 0.3 is 0 Å². The van der Waals surface area contributed by atoms with Gasteiger partial charge in [0.2, 0.25) is 0 Å². The molecule has 0 bridgehead atoms. The van der Waals surface area contributed by atoms with Gasteiger partial charge in [0.05, 0.1) is 53.7 Å². The molecule has 0 unspecified atom stereocenters. The van der Waals surface area contributed by atoms with Gasteiger partial charge in [-0.05, 0) is 64.3 Å². The number of anilines is 2. The van der Waals surface area contributed by atoms with Crippen LogP contribution in [0, 0.1) is 6.92 Å². The fourth-order valence-corrected chi connectivity index (χ4v) is 5.45. The van der Waals surface area contributed by atoms with E-state index in [4.69, 9.17) is 19.2 Å². The van der Waals surface area contributed by atoms with Crippen LogP contribution in [0.4, 0.5) is 11.4 Å². The first-order chi connectivity index (χ1) is 18.9. The molecule has 2 aromatic carbocycles. The maximum atomic E-state index is 13.0. The molecule has 2 aromatic heterocycles. The van der Waals surface area contributed by atoms with Crippen molar-refractivity contribution in [1.82, 2.24) is 15.0 Å². The number of methoxy groups -OCH3 is 2. The molecule has 10 nitrogen and oxygen atoms in total. The molecule has 0 spiro atoms. The molecule has 1 aliphatic rings. The van der Waals surface area contributed by atoms with Gasteiger partial charge in [0.25, 0.3) is 5.56 Å². The number of nitrogens with one attached hydrogen (secondary N) is 3. The van der Waals surface area contributed by atoms with Crippen LogP contribution >= 0.6 is 15.9 Å². The van der Waals surface area contributed by atoms with Crippen LogP contribution in [0.3, 0.4) is 0 Å². The molecule has 3 heterocycles. The number of imidazole rings is 1. The Hall–Kier alpha value is -3.38. The average molecular weight is 598 g/mol. The van der Waals surface area contributed by atoms with Gasteiger partial charge in [-0.15, -0.1) is 0 Å². The second kappa shape index (κ2) is 11.8. The number of aromatic amines is 2. The molecule has 1 fully saturated rings. The molecule has 1 saturated heterocycles. The van der Waals surface area contributed by atoms with Gasteiger partial charge in [0.15, 0.2) is 0 Å². The highest BCUT2D eigenvalue weighted by Gasteiger charge is 2.23. The maximum absolute atomic E-state index is 13.0. The number of nitrogens with zero attached hydrogens (tertiary/aromatic N) is 2. The van der Waals surface area contributed by atoms with Crippen LogP contribution in [0.2, 0.25) is 0 Å². The molecule has 0 amide bonds. The summed E-state index contributed by atoms with van der Waals surface area (Å²) in [6, 6.07) is 11.3. The van der Waals surface area contributed by atoms with Crippen molar-refractivity contribution in [1.29, 1.82) is 0 Å². The lowest BCUT2D eigenvalue weighted by molar-refractivity contribution is -0.0100. The predicted molar refractivity (Wildman–Crippen MR) is 155 cm³/mol. The molecule has 206 valence electrons. The molecule has 5 rings (SSSR count). The molecule has 11 heteroatoms. The van der Waals surface area contributed by atoms with Gasteiger partial charge in [-0.1, -0.05) is 6.07 Å². The number of aliphatic hydroxyl groups excluding tert-OH is 1. The number of aromatic nitrogens is 3. The number of pyridine rings is 1. The fraction of sp³-hybridized carbons (Fsp3) is 0.357. The normalized spacial score (nSPS) is 16.4. The molecule has 0 saturated carbocycles. The minimum atomic E-state index is -0.810. The summed E-state index contributed by atoms with van der Waals surface area (Å²) >= 11 is 3.46. The van der Waals surface area contributed by atoms with Gasteiger partial charge in [0.1, 0.15) is 17.1 Å². The first kappa shape index (κ1) is 27.2. The quantitative estimate of drug-likeness (QED) is 0.228. The van der Waals surface area contributed by atoms with Gasteiger partial charge < -0.3 is 39.5 Å². The number of fused-ring (bicyclic) bond motifs is 1. The first-order valence-electron chi connectivity index (χ1n) is 12.7. The number of hydrogen-bond donors (Lipinski definition) is 4. The molecule has 4 N–H and O–H groups in total. The predicted octanol–water partition coefficient (Wildman–Crippen LogP) is 3.99. The summed E-state index contributed by atoms with van der Waals surface area (Å²) in [6.45, 7) is 4.90. The van der Waals surface area contributed by atoms with Crippen LogP contribution in [0.25, 0.3) is 22.4 Å². The lowest BCUT2D eigenvalue weighted by Crippen LogP contribution is -2.44. The summed E-state index contributed by atoms with van der Waals surface area (Å²) in [4.78, 5) is 26.1. The van der Waals surface area contributed by atoms with E-state index in [0.717, 1.165) is 39.8 Å². The van der Waals surface area contributed by atoms with Crippen molar-refractivity contribution in [3.63, 3.8) is 0 Å². The van der Waals surface area contributed by atoms with Crippen LogP contribution in [0.1, 0.15) is 17.2 Å². The highest BCUT2D eigenvalue weighted by atomic mass is 79.9. The molecule has 0 radical (unpaired) electrons. The Morgan fingerprint density at radius 3 is 2.90 bits per heavy atom. The Bertz CT molecular complexity index is 1520. The number of aliphatic hydroxyl groups is 1. The van der Waals surface area contributed by atoms with E-state index in [0.29, 0.717) is 41.6 Å². The first-order valence-corrected chi connectivity index (χ1v) is 13.5. The lowest BCUT2D eigenvalue weighted by Gasteiger charge is -2.34. The van der Waals surface area contributed by atoms with Crippen LogP contribution in [-0.4, -0.2) is 73.2 Å². The summed E-state index contributed by atoms with van der Waals surface area (Å²) in [7, 11) is 3.27. The summed E-state index contributed by atoms with van der Waals surface area (Å²) in [6.07, 6.45) is 0.781. The standard InChI is InChI=1S/C28H32BrN5O5/c1-16-10-18(34-8-9-39-19(14-34)15-37-2)12-22-26(16)33-27(32-22)25-21(6-7-30-28(25)36)31-13-23(35)17-4-5-24(38-3)20(29)11-17/h4-7,10-12,19,23,35H,8-9,13-15H2,1-3H3,(H,32,33)(H2,30,31,36)/t19-,23-/m1/s1. The summed E-state index contributed by atoms with van der Waals surface area (Å²) in [5.74, 6) is 1.14. The highest BCUT2D eigenvalue weighted by molar-refractivity contribution is 9.10. The van der Waals surface area contributed by atoms with Crippen LogP contribution in [-0.2, 0) is 9.47 Å². The molecular formula is C28H32BrN5O5. The van der Waals surface area contributed by atoms with Crippen molar-refractivity contribution in [2.75, 3.05) is 57.3 Å². The van der Waals surface area contributed by atoms with Crippen LogP contribution in [0.5, 0.6) is 5.75 Å². The van der Waals surface area contributed by atoms with Crippen molar-refractivity contribution >= 4 is 38.3 Å². The smallest absolute Gasteiger partial charge is 0.261 e. The van der Waals surface area contributed by atoms with Crippen LogP contribution < -0.4 is 20.5 Å². The molecule has 4 aromatic rings. The number of morpholine rings is 1. The Kier molecular flexibility index (Phi) is 8.22. The van der Waals surface area contributed by atoms with E-state index in [2.05, 4.69) is 48.2 Å². The second-order valence-electron chi connectivity index (χ2n) is 9.52. The van der Waals surface area contributed by atoms with E-state index in [1.165, 1.54) is 0 Å². The van der Waals surface area contributed by atoms with Gasteiger partial charge in [-0.25, -0.2) is 4.98 Å². The van der Waals surface area contributed by atoms with Gasteiger partial charge in [-0.3, -0.25) is 4.79 Å². The average Bonchev–Trinajstić information content (AvgIpc) is 3.36. The molecule has 2 atom stereocenters. The van der Waals surface area contributed by atoms with Gasteiger partial charge in [0, 0.05) is 38.6 Å². The number of hydrogen-bond acceptors (Lipinski definition) is 8. The topological polar surface area (TPSA) is 125 Å². The van der Waals surface area contributed by atoms with Crippen molar-refractivity contribution in [3.8, 4) is 17.1 Å².